The Hall–Kier alpha value is -1.88. The highest BCUT2D eigenvalue weighted by molar-refractivity contribution is 5.79. The van der Waals surface area contributed by atoms with Crippen LogP contribution in [-0.4, -0.2) is 61.5 Å². The molecule has 108 valence electrons. The lowest BCUT2D eigenvalue weighted by molar-refractivity contribution is -0.142. The fraction of sp³-hybridized carbons (Fsp3) is 0.467. The van der Waals surface area contributed by atoms with Crippen LogP contribution in [0.5, 0.6) is 0 Å². The minimum atomic E-state index is -0.228. The van der Waals surface area contributed by atoms with Gasteiger partial charge in [-0.1, -0.05) is 30.3 Å². The molecule has 20 heavy (non-hydrogen) atoms. The van der Waals surface area contributed by atoms with Gasteiger partial charge in [0.1, 0.15) is 0 Å². The summed E-state index contributed by atoms with van der Waals surface area (Å²) in [6.45, 7) is 3.08. The van der Waals surface area contributed by atoms with Crippen LogP contribution < -0.4 is 0 Å². The van der Waals surface area contributed by atoms with Crippen molar-refractivity contribution in [3.63, 3.8) is 0 Å². The molecule has 1 heterocycles. The van der Waals surface area contributed by atoms with Gasteiger partial charge in [-0.05, 0) is 5.56 Å². The van der Waals surface area contributed by atoms with E-state index in [9.17, 15) is 9.59 Å². The smallest absolute Gasteiger partial charge is 0.319 e. The van der Waals surface area contributed by atoms with Crippen LogP contribution in [0.15, 0.2) is 30.3 Å². The second-order valence-electron chi connectivity index (χ2n) is 4.90. The quantitative estimate of drug-likeness (QED) is 0.754. The Morgan fingerprint density at radius 3 is 2.35 bits per heavy atom. The van der Waals surface area contributed by atoms with E-state index in [0.29, 0.717) is 26.1 Å². The number of piperazine rings is 1. The lowest BCUT2D eigenvalue weighted by Gasteiger charge is -2.34. The highest BCUT2D eigenvalue weighted by Crippen LogP contribution is 2.07. The maximum atomic E-state index is 12.2. The van der Waals surface area contributed by atoms with Gasteiger partial charge >= 0.3 is 5.97 Å². The first-order chi connectivity index (χ1) is 9.69. The van der Waals surface area contributed by atoms with Crippen molar-refractivity contribution >= 4 is 11.9 Å². The number of benzene rings is 1. The summed E-state index contributed by atoms with van der Waals surface area (Å²) in [7, 11) is 1.39. The predicted octanol–water partition coefficient (Wildman–Crippen LogP) is 0.546. The fourth-order valence-electron chi connectivity index (χ4n) is 2.28. The number of hydrogen-bond donors (Lipinski definition) is 0. The van der Waals surface area contributed by atoms with Gasteiger partial charge in [-0.2, -0.15) is 0 Å². The van der Waals surface area contributed by atoms with Crippen LogP contribution in [0.3, 0.4) is 0 Å². The molecule has 0 atom stereocenters. The van der Waals surface area contributed by atoms with E-state index < -0.39 is 0 Å². The molecular weight excluding hydrogens is 256 g/mol. The van der Waals surface area contributed by atoms with Crippen LogP contribution in [0, 0.1) is 0 Å². The first-order valence-corrected chi connectivity index (χ1v) is 6.80. The van der Waals surface area contributed by atoms with Crippen molar-refractivity contribution in [1.82, 2.24) is 9.80 Å². The first-order valence-electron chi connectivity index (χ1n) is 6.80. The Bertz CT molecular complexity index is 453. The highest BCUT2D eigenvalue weighted by atomic mass is 16.5. The average molecular weight is 276 g/mol. The molecule has 0 unspecified atom stereocenters. The van der Waals surface area contributed by atoms with E-state index in [0.717, 1.165) is 18.7 Å². The topological polar surface area (TPSA) is 49.9 Å². The Morgan fingerprint density at radius 1 is 1.10 bits per heavy atom. The van der Waals surface area contributed by atoms with Gasteiger partial charge in [-0.15, -0.1) is 0 Å². The lowest BCUT2D eigenvalue weighted by atomic mass is 10.1. The molecule has 0 saturated carbocycles. The number of ether oxygens (including phenoxy) is 1. The van der Waals surface area contributed by atoms with Gasteiger partial charge < -0.3 is 9.64 Å². The number of amides is 1. The standard InChI is InChI=1S/C15H20N2O3/c1-20-15(19)12-16-7-9-17(10-8-16)14(18)11-13-5-3-2-4-6-13/h2-6H,7-12H2,1H3. The molecule has 0 spiro atoms. The maximum Gasteiger partial charge on any atom is 0.319 e. The normalized spacial score (nSPS) is 15.9. The maximum absolute atomic E-state index is 12.2. The summed E-state index contributed by atoms with van der Waals surface area (Å²) in [5, 5.41) is 0. The van der Waals surface area contributed by atoms with E-state index in [1.54, 1.807) is 0 Å². The molecule has 1 saturated heterocycles. The van der Waals surface area contributed by atoms with Crippen molar-refractivity contribution in [3.8, 4) is 0 Å². The van der Waals surface area contributed by atoms with Crippen molar-refractivity contribution < 1.29 is 14.3 Å². The zero-order valence-electron chi connectivity index (χ0n) is 11.7. The van der Waals surface area contributed by atoms with Crippen LogP contribution in [0.2, 0.25) is 0 Å². The summed E-state index contributed by atoms with van der Waals surface area (Å²) in [4.78, 5) is 27.2. The molecule has 0 aliphatic carbocycles. The van der Waals surface area contributed by atoms with Crippen LogP contribution in [0.25, 0.3) is 0 Å². The van der Waals surface area contributed by atoms with Crippen LogP contribution in [-0.2, 0) is 20.7 Å². The number of esters is 1. The van der Waals surface area contributed by atoms with Crippen LogP contribution in [0.1, 0.15) is 5.56 Å². The van der Waals surface area contributed by atoms with E-state index in [-0.39, 0.29) is 11.9 Å². The van der Waals surface area contributed by atoms with Gasteiger partial charge in [0.05, 0.1) is 20.1 Å². The summed E-state index contributed by atoms with van der Waals surface area (Å²) in [6.07, 6.45) is 0.442. The fourth-order valence-corrected chi connectivity index (χ4v) is 2.28. The minimum absolute atomic E-state index is 0.147. The number of nitrogens with zero attached hydrogens (tertiary/aromatic N) is 2. The highest BCUT2D eigenvalue weighted by Gasteiger charge is 2.22. The number of methoxy groups -OCH3 is 1. The molecule has 1 aliphatic rings. The first kappa shape index (κ1) is 14.5. The second-order valence-corrected chi connectivity index (χ2v) is 4.90. The third-order valence-corrected chi connectivity index (χ3v) is 3.50. The summed E-state index contributed by atoms with van der Waals surface area (Å²) in [5.74, 6) is -0.0806. The summed E-state index contributed by atoms with van der Waals surface area (Å²) >= 11 is 0. The van der Waals surface area contributed by atoms with Gasteiger partial charge in [-0.3, -0.25) is 14.5 Å². The molecule has 1 fully saturated rings. The summed E-state index contributed by atoms with van der Waals surface area (Å²) in [6, 6.07) is 9.75. The minimum Gasteiger partial charge on any atom is -0.468 e. The molecule has 0 aromatic heterocycles. The van der Waals surface area contributed by atoms with E-state index in [1.807, 2.05) is 40.1 Å². The van der Waals surface area contributed by atoms with Gasteiger partial charge in [0.2, 0.25) is 5.91 Å². The van der Waals surface area contributed by atoms with Gasteiger partial charge in [0.25, 0.3) is 0 Å². The van der Waals surface area contributed by atoms with Crippen molar-refractivity contribution in [3.05, 3.63) is 35.9 Å². The van der Waals surface area contributed by atoms with Crippen LogP contribution >= 0.6 is 0 Å². The zero-order valence-corrected chi connectivity index (χ0v) is 11.7. The lowest BCUT2D eigenvalue weighted by Crippen LogP contribution is -2.50. The van der Waals surface area contributed by atoms with Crippen LogP contribution in [0.4, 0.5) is 0 Å². The van der Waals surface area contributed by atoms with Gasteiger partial charge in [0.15, 0.2) is 0 Å². The van der Waals surface area contributed by atoms with Gasteiger partial charge in [0, 0.05) is 26.2 Å². The summed E-state index contributed by atoms with van der Waals surface area (Å²) in [5.41, 5.74) is 1.04. The number of carbonyl (C=O) groups is 2. The zero-order chi connectivity index (χ0) is 14.4. The third kappa shape index (κ3) is 4.06. The SMILES string of the molecule is COC(=O)CN1CCN(C(=O)Cc2ccccc2)CC1. The molecule has 2 rings (SSSR count). The molecule has 5 nitrogen and oxygen atoms in total. The van der Waals surface area contributed by atoms with Crippen molar-refractivity contribution in [2.45, 2.75) is 6.42 Å². The molecule has 5 heteroatoms. The predicted molar refractivity (Wildman–Crippen MR) is 75.2 cm³/mol. The Labute approximate surface area is 119 Å². The van der Waals surface area contributed by atoms with E-state index in [4.69, 9.17) is 0 Å². The third-order valence-electron chi connectivity index (χ3n) is 3.50. The Kier molecular flexibility index (Phi) is 5.12. The number of rotatable bonds is 4. The van der Waals surface area contributed by atoms with Crippen molar-refractivity contribution in [1.29, 1.82) is 0 Å². The van der Waals surface area contributed by atoms with Crippen molar-refractivity contribution in [2.75, 3.05) is 39.8 Å². The molecule has 1 aliphatic heterocycles. The van der Waals surface area contributed by atoms with Crippen molar-refractivity contribution in [2.24, 2.45) is 0 Å². The second kappa shape index (κ2) is 7.05. The molecule has 1 amide bonds. The molecule has 1 aromatic carbocycles. The number of hydrogen-bond acceptors (Lipinski definition) is 4. The van der Waals surface area contributed by atoms with E-state index in [1.165, 1.54) is 7.11 Å². The Balaban J connectivity index is 1.78. The van der Waals surface area contributed by atoms with Gasteiger partial charge in [-0.25, -0.2) is 0 Å². The average Bonchev–Trinajstić information content (AvgIpc) is 2.49. The molecule has 0 radical (unpaired) electrons. The monoisotopic (exact) mass is 276 g/mol. The molecular formula is C15H20N2O3. The van der Waals surface area contributed by atoms with E-state index in [2.05, 4.69) is 4.74 Å². The molecule has 0 N–H and O–H groups in total. The number of carbonyl (C=O) groups excluding carboxylic acids is 2. The largest absolute Gasteiger partial charge is 0.468 e. The molecule has 0 bridgehead atoms. The van der Waals surface area contributed by atoms with E-state index >= 15 is 0 Å². The molecule has 1 aromatic rings. The Morgan fingerprint density at radius 2 is 1.75 bits per heavy atom. The summed E-state index contributed by atoms with van der Waals surface area (Å²) < 4.78 is 4.65.